The van der Waals surface area contributed by atoms with E-state index in [4.69, 9.17) is 4.74 Å². The zero-order valence-corrected chi connectivity index (χ0v) is 10.5. The number of nitrogens with one attached hydrogen (secondary N) is 1. The fraction of sp³-hybridized carbons (Fsp3) is 0.917. The van der Waals surface area contributed by atoms with Gasteiger partial charge in [-0.1, -0.05) is 6.92 Å². The number of hydrogen-bond acceptors (Lipinski definition) is 3. The summed E-state index contributed by atoms with van der Waals surface area (Å²) in [7, 11) is 2.10. The molecule has 1 heterocycles. The van der Waals surface area contributed by atoms with E-state index in [-0.39, 0.29) is 11.8 Å². The Hall–Kier alpha value is -0.610. The predicted molar refractivity (Wildman–Crippen MR) is 64.3 cm³/mol. The standard InChI is InChI=1S/C12H24N2O2/c1-3-9-16-10-6-13-12(15)11-4-7-14(2)8-5-11/h11H,3-10H2,1-2H3,(H,13,15). The van der Waals surface area contributed by atoms with E-state index in [2.05, 4.69) is 24.2 Å². The Labute approximate surface area is 98.3 Å². The first-order valence-electron chi connectivity index (χ1n) is 6.28. The molecule has 0 atom stereocenters. The van der Waals surface area contributed by atoms with Crippen molar-refractivity contribution in [3.05, 3.63) is 0 Å². The first-order chi connectivity index (χ1) is 7.74. The highest BCUT2D eigenvalue weighted by Gasteiger charge is 2.22. The first kappa shape index (κ1) is 13.5. The van der Waals surface area contributed by atoms with Crippen molar-refractivity contribution in [2.45, 2.75) is 26.2 Å². The molecule has 1 aliphatic rings. The van der Waals surface area contributed by atoms with Gasteiger partial charge >= 0.3 is 0 Å². The maximum Gasteiger partial charge on any atom is 0.223 e. The highest BCUT2D eigenvalue weighted by Crippen LogP contribution is 2.15. The number of carbonyl (C=O) groups excluding carboxylic acids is 1. The third-order valence-corrected chi connectivity index (χ3v) is 2.98. The molecule has 0 aliphatic carbocycles. The Balaban J connectivity index is 2.06. The Morgan fingerprint density at radius 2 is 2.06 bits per heavy atom. The Bertz CT molecular complexity index is 201. The number of piperidine rings is 1. The van der Waals surface area contributed by atoms with Crippen LogP contribution in [0.15, 0.2) is 0 Å². The molecule has 16 heavy (non-hydrogen) atoms. The zero-order valence-electron chi connectivity index (χ0n) is 10.5. The minimum Gasteiger partial charge on any atom is -0.380 e. The number of carbonyl (C=O) groups is 1. The molecule has 0 saturated carbocycles. The molecule has 94 valence electrons. The van der Waals surface area contributed by atoms with Gasteiger partial charge in [0, 0.05) is 19.1 Å². The van der Waals surface area contributed by atoms with Crippen LogP contribution < -0.4 is 5.32 Å². The maximum atomic E-state index is 11.8. The smallest absolute Gasteiger partial charge is 0.223 e. The molecule has 1 fully saturated rings. The summed E-state index contributed by atoms with van der Waals surface area (Å²) in [4.78, 5) is 14.0. The molecule has 0 unspecified atom stereocenters. The van der Waals surface area contributed by atoms with E-state index < -0.39 is 0 Å². The summed E-state index contributed by atoms with van der Waals surface area (Å²) in [6.07, 6.45) is 3.00. The second-order valence-electron chi connectivity index (χ2n) is 4.48. The van der Waals surface area contributed by atoms with Gasteiger partial charge in [-0.3, -0.25) is 4.79 Å². The SMILES string of the molecule is CCCOCCNC(=O)C1CCN(C)CC1. The molecular weight excluding hydrogens is 204 g/mol. The van der Waals surface area contributed by atoms with E-state index in [0.717, 1.165) is 39.0 Å². The Morgan fingerprint density at radius 3 is 2.69 bits per heavy atom. The molecule has 1 N–H and O–H groups in total. The topological polar surface area (TPSA) is 41.6 Å². The van der Waals surface area contributed by atoms with E-state index in [9.17, 15) is 4.79 Å². The molecule has 0 aromatic carbocycles. The van der Waals surface area contributed by atoms with Gasteiger partial charge in [0.25, 0.3) is 0 Å². The number of likely N-dealkylation sites (tertiary alicyclic amines) is 1. The molecule has 0 aromatic heterocycles. The lowest BCUT2D eigenvalue weighted by molar-refractivity contribution is -0.126. The Kier molecular flexibility index (Phi) is 6.42. The molecule has 0 radical (unpaired) electrons. The van der Waals surface area contributed by atoms with Gasteiger partial charge in [0.1, 0.15) is 0 Å². The monoisotopic (exact) mass is 228 g/mol. The molecule has 1 saturated heterocycles. The summed E-state index contributed by atoms with van der Waals surface area (Å²) < 4.78 is 5.31. The highest BCUT2D eigenvalue weighted by molar-refractivity contribution is 5.78. The van der Waals surface area contributed by atoms with Crippen molar-refractivity contribution in [1.82, 2.24) is 10.2 Å². The molecule has 1 amide bonds. The number of rotatable bonds is 6. The summed E-state index contributed by atoms with van der Waals surface area (Å²) in [6, 6.07) is 0. The lowest BCUT2D eigenvalue weighted by Crippen LogP contribution is -2.39. The van der Waals surface area contributed by atoms with Crippen LogP contribution in [0.1, 0.15) is 26.2 Å². The van der Waals surface area contributed by atoms with E-state index >= 15 is 0 Å². The van der Waals surface area contributed by atoms with Crippen LogP contribution in [0.25, 0.3) is 0 Å². The van der Waals surface area contributed by atoms with Crippen molar-refractivity contribution >= 4 is 5.91 Å². The second-order valence-corrected chi connectivity index (χ2v) is 4.48. The fourth-order valence-electron chi connectivity index (χ4n) is 1.91. The highest BCUT2D eigenvalue weighted by atomic mass is 16.5. The maximum absolute atomic E-state index is 11.8. The lowest BCUT2D eigenvalue weighted by atomic mass is 9.96. The van der Waals surface area contributed by atoms with Crippen molar-refractivity contribution in [2.24, 2.45) is 5.92 Å². The van der Waals surface area contributed by atoms with Crippen LogP contribution in [-0.4, -0.2) is 50.7 Å². The quantitative estimate of drug-likeness (QED) is 0.686. The minimum atomic E-state index is 0.202. The van der Waals surface area contributed by atoms with Crippen molar-refractivity contribution in [3.63, 3.8) is 0 Å². The summed E-state index contributed by atoms with van der Waals surface area (Å²) in [6.45, 7) is 6.20. The molecule has 0 bridgehead atoms. The second kappa shape index (κ2) is 7.63. The van der Waals surface area contributed by atoms with Gasteiger partial charge in [-0.25, -0.2) is 0 Å². The molecule has 4 nitrogen and oxygen atoms in total. The van der Waals surface area contributed by atoms with Crippen molar-refractivity contribution < 1.29 is 9.53 Å². The minimum absolute atomic E-state index is 0.202. The number of ether oxygens (including phenoxy) is 1. The Morgan fingerprint density at radius 1 is 1.38 bits per heavy atom. The van der Waals surface area contributed by atoms with Gasteiger partial charge < -0.3 is 15.0 Å². The zero-order chi connectivity index (χ0) is 11.8. The van der Waals surface area contributed by atoms with Crippen molar-refractivity contribution in [1.29, 1.82) is 0 Å². The number of amides is 1. The van der Waals surface area contributed by atoms with Crippen molar-refractivity contribution in [2.75, 3.05) is 39.9 Å². The normalized spacial score (nSPS) is 18.6. The predicted octanol–water partition coefficient (Wildman–Crippen LogP) is 0.871. The third-order valence-electron chi connectivity index (χ3n) is 2.98. The molecule has 1 aliphatic heterocycles. The third kappa shape index (κ3) is 4.94. The van der Waals surface area contributed by atoms with E-state index in [1.165, 1.54) is 0 Å². The van der Waals surface area contributed by atoms with Gasteiger partial charge in [0.15, 0.2) is 0 Å². The van der Waals surface area contributed by atoms with Crippen LogP contribution in [0.5, 0.6) is 0 Å². The molecule has 0 aromatic rings. The van der Waals surface area contributed by atoms with Gasteiger partial charge in [-0.2, -0.15) is 0 Å². The van der Waals surface area contributed by atoms with Gasteiger partial charge in [0.05, 0.1) is 6.61 Å². The fourth-order valence-corrected chi connectivity index (χ4v) is 1.91. The van der Waals surface area contributed by atoms with Gasteiger partial charge in [-0.05, 0) is 39.4 Å². The number of nitrogens with zero attached hydrogens (tertiary/aromatic N) is 1. The van der Waals surface area contributed by atoms with E-state index in [0.29, 0.717) is 13.2 Å². The molecule has 0 spiro atoms. The summed E-state index contributed by atoms with van der Waals surface area (Å²) in [5.41, 5.74) is 0. The average Bonchev–Trinajstić information content (AvgIpc) is 2.29. The first-order valence-corrected chi connectivity index (χ1v) is 6.28. The van der Waals surface area contributed by atoms with E-state index in [1.807, 2.05) is 0 Å². The van der Waals surface area contributed by atoms with Crippen LogP contribution in [0, 0.1) is 5.92 Å². The number of hydrogen-bond donors (Lipinski definition) is 1. The summed E-state index contributed by atoms with van der Waals surface area (Å²) in [5, 5.41) is 2.94. The van der Waals surface area contributed by atoms with Crippen molar-refractivity contribution in [3.8, 4) is 0 Å². The van der Waals surface area contributed by atoms with Gasteiger partial charge in [0.2, 0.25) is 5.91 Å². The summed E-state index contributed by atoms with van der Waals surface area (Å²) >= 11 is 0. The lowest BCUT2D eigenvalue weighted by Gasteiger charge is -2.28. The van der Waals surface area contributed by atoms with Crippen LogP contribution in [0.4, 0.5) is 0 Å². The van der Waals surface area contributed by atoms with Crippen LogP contribution in [0.2, 0.25) is 0 Å². The molecular formula is C12H24N2O2. The molecule has 1 rings (SSSR count). The largest absolute Gasteiger partial charge is 0.380 e. The van der Waals surface area contributed by atoms with Crippen LogP contribution in [-0.2, 0) is 9.53 Å². The average molecular weight is 228 g/mol. The molecule has 4 heteroatoms. The van der Waals surface area contributed by atoms with Gasteiger partial charge in [-0.15, -0.1) is 0 Å². The summed E-state index contributed by atoms with van der Waals surface area (Å²) in [5.74, 6) is 0.413. The van der Waals surface area contributed by atoms with E-state index in [1.54, 1.807) is 0 Å². The van der Waals surface area contributed by atoms with Crippen LogP contribution >= 0.6 is 0 Å². The van der Waals surface area contributed by atoms with Crippen LogP contribution in [0.3, 0.4) is 0 Å².